The van der Waals surface area contributed by atoms with Gasteiger partial charge in [-0.15, -0.1) is 0 Å². The molecule has 0 aromatic heterocycles. The van der Waals surface area contributed by atoms with Crippen molar-refractivity contribution in [3.05, 3.63) is 34.6 Å². The Morgan fingerprint density at radius 1 is 1.38 bits per heavy atom. The van der Waals surface area contributed by atoms with Gasteiger partial charge in [-0.1, -0.05) is 17.7 Å². The summed E-state index contributed by atoms with van der Waals surface area (Å²) >= 11 is 5.77. The van der Waals surface area contributed by atoms with Crippen molar-refractivity contribution in [2.24, 2.45) is 5.41 Å². The number of hydrogen-bond donors (Lipinski definition) is 1. The third-order valence-electron chi connectivity index (χ3n) is 4.88. The van der Waals surface area contributed by atoms with E-state index in [-0.39, 0.29) is 36.5 Å². The number of nitrogens with one attached hydrogen (secondary N) is 1. The van der Waals surface area contributed by atoms with Crippen LogP contribution < -0.4 is 5.32 Å². The molecule has 24 heavy (non-hydrogen) atoms. The van der Waals surface area contributed by atoms with Crippen LogP contribution in [0.25, 0.3) is 0 Å². The van der Waals surface area contributed by atoms with Crippen molar-refractivity contribution in [2.45, 2.75) is 38.0 Å². The molecule has 1 aromatic carbocycles. The molecule has 3 rings (SSSR count). The summed E-state index contributed by atoms with van der Waals surface area (Å²) in [5.41, 5.74) is -1.58. The number of amides is 1. The Labute approximate surface area is 142 Å². The van der Waals surface area contributed by atoms with E-state index in [1.165, 1.54) is 23.1 Å². The second-order valence-electron chi connectivity index (χ2n) is 6.52. The maximum absolute atomic E-state index is 13.3. The van der Waals surface area contributed by atoms with E-state index in [2.05, 4.69) is 5.32 Å². The molecule has 1 amide bonds. The minimum Gasteiger partial charge on any atom is -0.336 e. The van der Waals surface area contributed by atoms with Crippen LogP contribution in [0.5, 0.6) is 0 Å². The summed E-state index contributed by atoms with van der Waals surface area (Å²) in [6.07, 6.45) is -4.83. The first kappa shape index (κ1) is 17.5. The number of alkyl halides is 3. The highest BCUT2D eigenvalue weighted by atomic mass is 35.5. The first-order chi connectivity index (χ1) is 11.2. The zero-order chi connectivity index (χ0) is 17.7. The van der Waals surface area contributed by atoms with Crippen LogP contribution in [0.15, 0.2) is 18.2 Å². The monoisotopic (exact) mass is 364 g/mol. The normalized spacial score (nSPS) is 26.3. The van der Waals surface area contributed by atoms with Crippen molar-refractivity contribution < 1.29 is 22.4 Å². The first-order valence-electron chi connectivity index (χ1n) is 7.72. The molecule has 1 saturated heterocycles. The van der Waals surface area contributed by atoms with E-state index in [0.29, 0.717) is 12.1 Å². The van der Waals surface area contributed by atoms with Gasteiger partial charge in [0.2, 0.25) is 5.91 Å². The SMILES string of the molecule is CC1CNC(c2ccc(F)c(Cl)c2)CN1C(=O)C1(C(F)(F)F)CC1. The van der Waals surface area contributed by atoms with Gasteiger partial charge in [0, 0.05) is 19.1 Å². The lowest BCUT2D eigenvalue weighted by molar-refractivity contribution is -0.200. The third-order valence-corrected chi connectivity index (χ3v) is 5.17. The summed E-state index contributed by atoms with van der Waals surface area (Å²) in [4.78, 5) is 13.8. The van der Waals surface area contributed by atoms with E-state index in [1.807, 2.05) is 0 Å². The zero-order valence-electron chi connectivity index (χ0n) is 13.0. The summed E-state index contributed by atoms with van der Waals surface area (Å²) in [6.45, 7) is 2.17. The number of rotatable bonds is 2. The predicted molar refractivity (Wildman–Crippen MR) is 81.1 cm³/mol. The molecule has 3 nitrogen and oxygen atoms in total. The Hall–Kier alpha value is -1.34. The van der Waals surface area contributed by atoms with Crippen molar-refractivity contribution >= 4 is 17.5 Å². The lowest BCUT2D eigenvalue weighted by Crippen LogP contribution is -2.57. The molecule has 2 fully saturated rings. The molecule has 0 radical (unpaired) electrons. The molecule has 1 aromatic rings. The molecule has 0 bridgehead atoms. The molecular formula is C16H17ClF4N2O. The molecule has 132 valence electrons. The second-order valence-corrected chi connectivity index (χ2v) is 6.93. The number of nitrogens with zero attached hydrogens (tertiary/aromatic N) is 1. The third kappa shape index (κ3) is 2.88. The van der Waals surface area contributed by atoms with Gasteiger partial charge in [0.15, 0.2) is 0 Å². The van der Waals surface area contributed by atoms with Crippen LogP contribution in [0.1, 0.15) is 31.4 Å². The highest BCUT2D eigenvalue weighted by molar-refractivity contribution is 6.30. The zero-order valence-corrected chi connectivity index (χ0v) is 13.7. The molecule has 1 heterocycles. The molecular weight excluding hydrogens is 348 g/mol. The number of hydrogen-bond acceptors (Lipinski definition) is 2. The Morgan fingerprint density at radius 3 is 2.58 bits per heavy atom. The van der Waals surface area contributed by atoms with Gasteiger partial charge in [0.1, 0.15) is 11.2 Å². The van der Waals surface area contributed by atoms with Gasteiger partial charge < -0.3 is 10.2 Å². The van der Waals surface area contributed by atoms with E-state index < -0.39 is 23.3 Å². The minimum absolute atomic E-state index is 0.0558. The fourth-order valence-corrected chi connectivity index (χ4v) is 3.31. The standard InChI is InChI=1S/C16H17ClF4N2O/c1-9-7-22-13(10-2-3-12(18)11(17)6-10)8-23(9)14(24)15(4-5-15)16(19,20)21/h2-3,6,9,13,22H,4-5,7-8H2,1H3. The molecule has 0 spiro atoms. The fourth-order valence-electron chi connectivity index (χ4n) is 3.12. The Kier molecular flexibility index (Phi) is 4.28. The van der Waals surface area contributed by atoms with Crippen LogP contribution in [0.4, 0.5) is 17.6 Å². The molecule has 1 aliphatic carbocycles. The smallest absolute Gasteiger partial charge is 0.336 e. The number of carbonyl (C=O) groups is 1. The molecule has 1 aliphatic heterocycles. The van der Waals surface area contributed by atoms with Crippen LogP contribution in [0, 0.1) is 11.2 Å². The fraction of sp³-hybridized carbons (Fsp3) is 0.562. The highest BCUT2D eigenvalue weighted by Crippen LogP contribution is 2.59. The van der Waals surface area contributed by atoms with Crippen LogP contribution in [-0.4, -0.2) is 36.1 Å². The van der Waals surface area contributed by atoms with Crippen molar-refractivity contribution in [2.75, 3.05) is 13.1 Å². The van der Waals surface area contributed by atoms with Crippen molar-refractivity contribution in [3.63, 3.8) is 0 Å². The lowest BCUT2D eigenvalue weighted by Gasteiger charge is -2.41. The van der Waals surface area contributed by atoms with Crippen LogP contribution in [0.2, 0.25) is 5.02 Å². The van der Waals surface area contributed by atoms with E-state index in [1.54, 1.807) is 6.92 Å². The largest absolute Gasteiger partial charge is 0.403 e. The van der Waals surface area contributed by atoms with Gasteiger partial charge in [-0.2, -0.15) is 13.2 Å². The molecule has 1 N–H and O–H groups in total. The molecule has 1 saturated carbocycles. The summed E-state index contributed by atoms with van der Waals surface area (Å²) in [6, 6.07) is 3.44. The molecule has 2 aliphatic rings. The van der Waals surface area contributed by atoms with Crippen LogP contribution in [-0.2, 0) is 4.79 Å². The van der Waals surface area contributed by atoms with Gasteiger partial charge in [-0.05, 0) is 37.5 Å². The Bertz CT molecular complexity index is 660. The summed E-state index contributed by atoms with van der Waals surface area (Å²) in [7, 11) is 0. The average Bonchev–Trinajstić information content (AvgIpc) is 3.31. The van der Waals surface area contributed by atoms with Gasteiger partial charge in [-0.3, -0.25) is 4.79 Å². The predicted octanol–water partition coefficient (Wildman–Crippen LogP) is 3.68. The first-order valence-corrected chi connectivity index (χ1v) is 8.09. The van der Waals surface area contributed by atoms with Gasteiger partial charge >= 0.3 is 6.18 Å². The van der Waals surface area contributed by atoms with Crippen molar-refractivity contribution in [1.29, 1.82) is 0 Å². The van der Waals surface area contributed by atoms with E-state index >= 15 is 0 Å². The van der Waals surface area contributed by atoms with Gasteiger partial charge in [0.05, 0.1) is 11.1 Å². The number of benzene rings is 1. The van der Waals surface area contributed by atoms with Crippen molar-refractivity contribution in [3.8, 4) is 0 Å². The number of piperazine rings is 1. The summed E-state index contributed by atoms with van der Waals surface area (Å²) in [5.74, 6) is -1.42. The van der Waals surface area contributed by atoms with E-state index in [4.69, 9.17) is 11.6 Å². The van der Waals surface area contributed by atoms with Gasteiger partial charge in [-0.25, -0.2) is 4.39 Å². The lowest BCUT2D eigenvalue weighted by atomic mass is 9.98. The summed E-state index contributed by atoms with van der Waals surface area (Å²) < 4.78 is 53.0. The number of halogens is 5. The van der Waals surface area contributed by atoms with Crippen LogP contribution >= 0.6 is 11.6 Å². The van der Waals surface area contributed by atoms with E-state index in [0.717, 1.165) is 0 Å². The maximum Gasteiger partial charge on any atom is 0.403 e. The van der Waals surface area contributed by atoms with E-state index in [9.17, 15) is 22.4 Å². The van der Waals surface area contributed by atoms with Gasteiger partial charge in [0.25, 0.3) is 0 Å². The second kappa shape index (κ2) is 5.88. The Morgan fingerprint density at radius 2 is 2.04 bits per heavy atom. The quantitative estimate of drug-likeness (QED) is 0.812. The number of carbonyl (C=O) groups excluding carboxylic acids is 1. The summed E-state index contributed by atoms with van der Waals surface area (Å²) in [5, 5.41) is 3.12. The highest BCUT2D eigenvalue weighted by Gasteiger charge is 2.69. The topological polar surface area (TPSA) is 32.3 Å². The van der Waals surface area contributed by atoms with Crippen molar-refractivity contribution in [1.82, 2.24) is 10.2 Å². The minimum atomic E-state index is -4.52. The average molecular weight is 365 g/mol. The molecule has 2 atom stereocenters. The molecule has 8 heteroatoms. The Balaban J connectivity index is 1.81. The maximum atomic E-state index is 13.3. The van der Waals surface area contributed by atoms with Crippen LogP contribution in [0.3, 0.4) is 0 Å². The molecule has 2 unspecified atom stereocenters.